The minimum absolute atomic E-state index is 0.149. The minimum Gasteiger partial charge on any atom is -0.481 e. The standard InChI is InChI=1S/C6H10ClNO2/c7-3-1-4-8-5-2-6(9)10/h1,3,8H,2,4-5H2,(H,9,10)/b3-1+. The first-order chi connectivity index (χ1) is 4.77. The lowest BCUT2D eigenvalue weighted by Gasteiger charge is -1.95. The van der Waals surface area contributed by atoms with Crippen LogP contribution in [-0.2, 0) is 4.79 Å². The Morgan fingerprint density at radius 2 is 2.40 bits per heavy atom. The molecule has 0 aromatic rings. The fraction of sp³-hybridized carbons (Fsp3) is 0.500. The van der Waals surface area contributed by atoms with E-state index in [0.29, 0.717) is 13.1 Å². The Morgan fingerprint density at radius 1 is 1.70 bits per heavy atom. The summed E-state index contributed by atoms with van der Waals surface area (Å²) >= 11 is 5.21. The van der Waals surface area contributed by atoms with Crippen molar-refractivity contribution in [1.29, 1.82) is 0 Å². The van der Waals surface area contributed by atoms with Gasteiger partial charge in [-0.2, -0.15) is 0 Å². The molecular formula is C6H10ClNO2. The van der Waals surface area contributed by atoms with Gasteiger partial charge in [0.05, 0.1) is 6.42 Å². The second kappa shape index (κ2) is 6.58. The summed E-state index contributed by atoms with van der Waals surface area (Å²) in [7, 11) is 0. The summed E-state index contributed by atoms with van der Waals surface area (Å²) in [6, 6.07) is 0. The van der Waals surface area contributed by atoms with E-state index in [1.54, 1.807) is 6.08 Å². The van der Waals surface area contributed by atoms with Crippen LogP contribution in [0.15, 0.2) is 11.6 Å². The molecule has 0 rings (SSSR count). The van der Waals surface area contributed by atoms with Crippen molar-refractivity contribution in [2.75, 3.05) is 13.1 Å². The molecule has 0 radical (unpaired) electrons. The Labute approximate surface area is 64.7 Å². The fourth-order valence-electron chi connectivity index (χ4n) is 0.425. The molecule has 0 fully saturated rings. The van der Waals surface area contributed by atoms with E-state index < -0.39 is 5.97 Å². The number of carboxylic acid groups (broad SMARTS) is 1. The lowest BCUT2D eigenvalue weighted by Crippen LogP contribution is -2.17. The predicted molar refractivity (Wildman–Crippen MR) is 40.1 cm³/mol. The van der Waals surface area contributed by atoms with Crippen LogP contribution in [0.3, 0.4) is 0 Å². The molecule has 0 aromatic heterocycles. The molecule has 10 heavy (non-hydrogen) atoms. The molecule has 0 bridgehead atoms. The normalized spacial score (nSPS) is 10.5. The van der Waals surface area contributed by atoms with Gasteiger partial charge in [-0.15, -0.1) is 0 Å². The zero-order valence-electron chi connectivity index (χ0n) is 5.51. The largest absolute Gasteiger partial charge is 0.481 e. The minimum atomic E-state index is -0.789. The zero-order valence-corrected chi connectivity index (χ0v) is 6.27. The second-order valence-corrected chi connectivity index (χ2v) is 1.96. The number of hydrogen-bond acceptors (Lipinski definition) is 2. The monoisotopic (exact) mass is 163 g/mol. The highest BCUT2D eigenvalue weighted by atomic mass is 35.5. The molecule has 0 atom stereocenters. The van der Waals surface area contributed by atoms with E-state index >= 15 is 0 Å². The van der Waals surface area contributed by atoms with E-state index in [1.807, 2.05) is 0 Å². The van der Waals surface area contributed by atoms with Gasteiger partial charge in [0.1, 0.15) is 0 Å². The summed E-state index contributed by atoms with van der Waals surface area (Å²) in [5.74, 6) is -0.789. The van der Waals surface area contributed by atoms with Crippen LogP contribution in [0.2, 0.25) is 0 Å². The average molecular weight is 164 g/mol. The average Bonchev–Trinajstić information content (AvgIpc) is 1.87. The fourth-order valence-corrected chi connectivity index (χ4v) is 0.514. The van der Waals surface area contributed by atoms with Crippen LogP contribution in [0.4, 0.5) is 0 Å². The number of carbonyl (C=O) groups is 1. The third-order valence-electron chi connectivity index (χ3n) is 0.867. The van der Waals surface area contributed by atoms with Crippen molar-refractivity contribution in [3.05, 3.63) is 11.6 Å². The second-order valence-electron chi connectivity index (χ2n) is 1.71. The molecule has 4 heteroatoms. The first kappa shape index (κ1) is 9.46. The molecule has 0 heterocycles. The van der Waals surface area contributed by atoms with Gasteiger partial charge >= 0.3 is 5.97 Å². The third-order valence-corrected chi connectivity index (χ3v) is 1.05. The number of halogens is 1. The quantitative estimate of drug-likeness (QED) is 0.590. The molecule has 3 nitrogen and oxygen atoms in total. The number of carboxylic acids is 1. The first-order valence-corrected chi connectivity index (χ1v) is 3.38. The van der Waals surface area contributed by atoms with Crippen molar-refractivity contribution < 1.29 is 9.90 Å². The molecule has 0 unspecified atom stereocenters. The van der Waals surface area contributed by atoms with Crippen molar-refractivity contribution in [2.24, 2.45) is 0 Å². The molecule has 0 amide bonds. The molecule has 0 aromatic carbocycles. The highest BCUT2D eigenvalue weighted by Gasteiger charge is 1.92. The maximum absolute atomic E-state index is 9.95. The van der Waals surface area contributed by atoms with Crippen molar-refractivity contribution in [3.63, 3.8) is 0 Å². The summed E-state index contributed by atoms with van der Waals surface area (Å²) in [5, 5.41) is 11.1. The summed E-state index contributed by atoms with van der Waals surface area (Å²) in [6.45, 7) is 1.10. The highest BCUT2D eigenvalue weighted by molar-refractivity contribution is 6.25. The van der Waals surface area contributed by atoms with E-state index in [-0.39, 0.29) is 6.42 Å². The van der Waals surface area contributed by atoms with Crippen molar-refractivity contribution >= 4 is 17.6 Å². The zero-order chi connectivity index (χ0) is 7.82. The molecular weight excluding hydrogens is 154 g/mol. The molecule has 0 aliphatic heterocycles. The first-order valence-electron chi connectivity index (χ1n) is 2.95. The summed E-state index contributed by atoms with van der Waals surface area (Å²) in [4.78, 5) is 9.95. The van der Waals surface area contributed by atoms with Crippen LogP contribution in [-0.4, -0.2) is 24.2 Å². The van der Waals surface area contributed by atoms with E-state index in [2.05, 4.69) is 5.32 Å². The Bertz CT molecular complexity index is 125. The predicted octanol–water partition coefficient (Wildman–Crippen LogP) is 0.803. The highest BCUT2D eigenvalue weighted by Crippen LogP contribution is 1.77. The van der Waals surface area contributed by atoms with E-state index in [0.717, 1.165) is 0 Å². The lowest BCUT2D eigenvalue weighted by atomic mass is 10.4. The van der Waals surface area contributed by atoms with Crippen molar-refractivity contribution in [1.82, 2.24) is 5.32 Å². The van der Waals surface area contributed by atoms with Gasteiger partial charge in [0.15, 0.2) is 0 Å². The van der Waals surface area contributed by atoms with Gasteiger partial charge in [-0.05, 0) is 0 Å². The Morgan fingerprint density at radius 3 is 2.90 bits per heavy atom. The SMILES string of the molecule is O=C(O)CCNC/C=C/Cl. The van der Waals surface area contributed by atoms with Gasteiger partial charge in [-0.1, -0.05) is 17.7 Å². The van der Waals surface area contributed by atoms with Gasteiger partial charge in [-0.25, -0.2) is 0 Å². The van der Waals surface area contributed by atoms with Crippen molar-refractivity contribution in [2.45, 2.75) is 6.42 Å². The van der Waals surface area contributed by atoms with Gasteiger partial charge in [0.25, 0.3) is 0 Å². The van der Waals surface area contributed by atoms with Gasteiger partial charge < -0.3 is 10.4 Å². The Kier molecular flexibility index (Phi) is 6.22. The maximum atomic E-state index is 9.95. The number of aliphatic carboxylic acids is 1. The summed E-state index contributed by atoms with van der Waals surface area (Å²) < 4.78 is 0. The van der Waals surface area contributed by atoms with Gasteiger partial charge in [0.2, 0.25) is 0 Å². The van der Waals surface area contributed by atoms with Gasteiger partial charge in [-0.3, -0.25) is 4.79 Å². The van der Waals surface area contributed by atoms with Crippen LogP contribution in [0.25, 0.3) is 0 Å². The topological polar surface area (TPSA) is 49.3 Å². The molecule has 2 N–H and O–H groups in total. The number of nitrogens with one attached hydrogen (secondary N) is 1. The van der Waals surface area contributed by atoms with Crippen LogP contribution in [0.5, 0.6) is 0 Å². The molecule has 0 aliphatic rings. The van der Waals surface area contributed by atoms with Crippen molar-refractivity contribution in [3.8, 4) is 0 Å². The third kappa shape index (κ3) is 7.46. The smallest absolute Gasteiger partial charge is 0.304 e. The summed E-state index contributed by atoms with van der Waals surface area (Å²) in [5.41, 5.74) is 1.40. The molecule has 0 aliphatic carbocycles. The van der Waals surface area contributed by atoms with Crippen LogP contribution in [0, 0.1) is 0 Å². The van der Waals surface area contributed by atoms with Crippen LogP contribution >= 0.6 is 11.6 Å². The van der Waals surface area contributed by atoms with Crippen LogP contribution < -0.4 is 5.32 Å². The molecule has 0 spiro atoms. The number of rotatable bonds is 5. The lowest BCUT2D eigenvalue weighted by molar-refractivity contribution is -0.136. The molecule has 0 saturated heterocycles. The Balaban J connectivity index is 2.98. The van der Waals surface area contributed by atoms with E-state index in [9.17, 15) is 4.79 Å². The van der Waals surface area contributed by atoms with Gasteiger partial charge in [0, 0.05) is 18.6 Å². The molecule has 58 valence electrons. The van der Waals surface area contributed by atoms with E-state index in [1.165, 1.54) is 5.54 Å². The maximum Gasteiger partial charge on any atom is 0.304 e. The Hall–Kier alpha value is -0.540. The summed E-state index contributed by atoms with van der Waals surface area (Å²) in [6.07, 6.45) is 1.86. The van der Waals surface area contributed by atoms with E-state index in [4.69, 9.17) is 16.7 Å². The molecule has 0 saturated carbocycles. The van der Waals surface area contributed by atoms with Crippen LogP contribution in [0.1, 0.15) is 6.42 Å². The number of hydrogen-bond donors (Lipinski definition) is 2.